The van der Waals surface area contributed by atoms with Gasteiger partial charge in [-0.1, -0.05) is 30.3 Å². The minimum Gasteiger partial charge on any atom is -0.355 e. The van der Waals surface area contributed by atoms with Gasteiger partial charge in [0, 0.05) is 11.9 Å². The van der Waals surface area contributed by atoms with Gasteiger partial charge in [0.05, 0.1) is 16.9 Å². The highest BCUT2D eigenvalue weighted by Crippen LogP contribution is 2.21. The molecule has 0 unspecified atom stereocenters. The van der Waals surface area contributed by atoms with Crippen LogP contribution in [0, 0.1) is 6.92 Å². The Labute approximate surface area is 123 Å². The van der Waals surface area contributed by atoms with E-state index in [4.69, 9.17) is 0 Å². The third-order valence-corrected chi connectivity index (χ3v) is 3.14. The molecule has 1 N–H and O–H groups in total. The van der Waals surface area contributed by atoms with E-state index in [0.29, 0.717) is 5.56 Å². The van der Waals surface area contributed by atoms with Gasteiger partial charge in [0.1, 0.15) is 0 Å². The molecule has 3 aromatic rings. The van der Waals surface area contributed by atoms with Crippen LogP contribution < -0.4 is 5.32 Å². The molecule has 2 aromatic carbocycles. The summed E-state index contributed by atoms with van der Waals surface area (Å²) in [5.74, 6) is -0.151. The first-order valence-corrected chi connectivity index (χ1v) is 6.72. The average molecular weight is 277 g/mol. The Hall–Kier alpha value is -2.88. The van der Waals surface area contributed by atoms with E-state index in [1.165, 1.54) is 4.68 Å². The summed E-state index contributed by atoms with van der Waals surface area (Å²) < 4.78 is 1.36. The Morgan fingerprint density at radius 2 is 1.71 bits per heavy atom. The topological polar surface area (TPSA) is 46.9 Å². The normalized spacial score (nSPS) is 10.3. The Morgan fingerprint density at radius 1 is 1.00 bits per heavy atom. The van der Waals surface area contributed by atoms with Crippen LogP contribution in [-0.4, -0.2) is 15.7 Å². The molecule has 3 rings (SSSR count). The largest absolute Gasteiger partial charge is 0.355 e. The van der Waals surface area contributed by atoms with Crippen molar-refractivity contribution in [3.8, 4) is 0 Å². The molecule has 0 aliphatic rings. The summed E-state index contributed by atoms with van der Waals surface area (Å²) in [5.41, 5.74) is 3.11. The maximum Gasteiger partial charge on any atom is 0.280 e. The average Bonchev–Trinajstić information content (AvgIpc) is 2.95. The van der Waals surface area contributed by atoms with Crippen molar-refractivity contribution in [2.45, 2.75) is 6.92 Å². The van der Waals surface area contributed by atoms with Crippen molar-refractivity contribution in [3.63, 3.8) is 0 Å². The Balaban J connectivity index is 1.94. The van der Waals surface area contributed by atoms with Crippen LogP contribution in [0.4, 0.5) is 11.4 Å². The van der Waals surface area contributed by atoms with Gasteiger partial charge in [0.25, 0.3) is 5.91 Å². The van der Waals surface area contributed by atoms with Crippen molar-refractivity contribution in [1.29, 1.82) is 0 Å². The second-order valence-electron chi connectivity index (χ2n) is 4.74. The first-order valence-electron chi connectivity index (χ1n) is 6.72. The highest BCUT2D eigenvalue weighted by atomic mass is 16.2. The van der Waals surface area contributed by atoms with Gasteiger partial charge in [-0.05, 0) is 37.3 Å². The molecule has 1 aromatic heterocycles. The minimum absolute atomic E-state index is 0.151. The first kappa shape index (κ1) is 13.1. The van der Waals surface area contributed by atoms with Crippen molar-refractivity contribution < 1.29 is 4.79 Å². The predicted octanol–water partition coefficient (Wildman–Crippen LogP) is 3.62. The quantitative estimate of drug-likeness (QED) is 0.795. The van der Waals surface area contributed by atoms with Crippen molar-refractivity contribution in [2.75, 3.05) is 5.32 Å². The van der Waals surface area contributed by atoms with E-state index < -0.39 is 0 Å². The predicted molar refractivity (Wildman–Crippen MR) is 82.9 cm³/mol. The molecular formula is C17H15N3O. The number of carbonyl (C=O) groups excluding carboxylic acids is 1. The van der Waals surface area contributed by atoms with E-state index in [0.717, 1.165) is 17.1 Å². The molecule has 0 atom stereocenters. The lowest BCUT2D eigenvalue weighted by atomic mass is 10.1. The number of hydrogen-bond acceptors (Lipinski definition) is 3. The fourth-order valence-electron chi connectivity index (χ4n) is 2.11. The molecule has 0 fully saturated rings. The monoisotopic (exact) mass is 277 g/mol. The van der Waals surface area contributed by atoms with E-state index in [1.54, 1.807) is 12.3 Å². The smallest absolute Gasteiger partial charge is 0.280 e. The molecule has 4 nitrogen and oxygen atoms in total. The van der Waals surface area contributed by atoms with Gasteiger partial charge in [-0.2, -0.15) is 5.10 Å². The number of aryl methyl sites for hydroxylation is 1. The number of para-hydroxylation sites is 2. The molecule has 4 heteroatoms. The van der Waals surface area contributed by atoms with Crippen LogP contribution >= 0.6 is 0 Å². The number of aromatic nitrogens is 2. The van der Waals surface area contributed by atoms with Gasteiger partial charge in [-0.25, -0.2) is 4.68 Å². The maximum atomic E-state index is 12.5. The molecule has 0 radical (unpaired) electrons. The summed E-state index contributed by atoms with van der Waals surface area (Å²) in [6.45, 7) is 1.86. The van der Waals surface area contributed by atoms with Crippen molar-refractivity contribution >= 4 is 17.3 Å². The van der Waals surface area contributed by atoms with Crippen LogP contribution in [0.3, 0.4) is 0 Å². The molecule has 21 heavy (non-hydrogen) atoms. The maximum absolute atomic E-state index is 12.5. The Kier molecular flexibility index (Phi) is 3.51. The van der Waals surface area contributed by atoms with E-state index in [-0.39, 0.29) is 5.91 Å². The van der Waals surface area contributed by atoms with Gasteiger partial charge in [-0.3, -0.25) is 4.79 Å². The van der Waals surface area contributed by atoms with Crippen molar-refractivity contribution in [3.05, 3.63) is 78.1 Å². The molecule has 104 valence electrons. The Bertz CT molecular complexity index is 762. The number of rotatable bonds is 3. The molecular weight excluding hydrogens is 262 g/mol. The molecule has 1 heterocycles. The van der Waals surface area contributed by atoms with Crippen LogP contribution in [0.1, 0.15) is 16.1 Å². The number of carbonyl (C=O) groups is 1. The lowest BCUT2D eigenvalue weighted by molar-refractivity contribution is 0.0945. The summed E-state index contributed by atoms with van der Waals surface area (Å²) in [5, 5.41) is 7.44. The van der Waals surface area contributed by atoms with Crippen LogP contribution in [0.2, 0.25) is 0 Å². The fourth-order valence-corrected chi connectivity index (χ4v) is 2.11. The van der Waals surface area contributed by atoms with E-state index in [1.807, 2.05) is 61.5 Å². The molecule has 0 amide bonds. The highest BCUT2D eigenvalue weighted by molar-refractivity contribution is 6.01. The second kappa shape index (κ2) is 5.63. The molecule has 0 saturated heterocycles. The summed E-state index contributed by atoms with van der Waals surface area (Å²) in [6, 6.07) is 19.0. The SMILES string of the molecule is Cc1ccn(C(=O)c2ccccc2Nc2ccccc2)n1. The van der Waals surface area contributed by atoms with Crippen molar-refractivity contribution in [1.82, 2.24) is 9.78 Å². The number of benzene rings is 2. The van der Waals surface area contributed by atoms with E-state index >= 15 is 0 Å². The molecule has 0 bridgehead atoms. The second-order valence-corrected chi connectivity index (χ2v) is 4.74. The Morgan fingerprint density at radius 3 is 2.43 bits per heavy atom. The van der Waals surface area contributed by atoms with Crippen LogP contribution in [0.5, 0.6) is 0 Å². The molecule has 0 aliphatic carbocycles. The van der Waals surface area contributed by atoms with Crippen molar-refractivity contribution in [2.24, 2.45) is 0 Å². The molecule has 0 aliphatic heterocycles. The summed E-state index contributed by atoms with van der Waals surface area (Å²) in [7, 11) is 0. The summed E-state index contributed by atoms with van der Waals surface area (Å²) in [6.07, 6.45) is 1.68. The minimum atomic E-state index is -0.151. The molecule has 0 saturated carbocycles. The number of hydrogen-bond donors (Lipinski definition) is 1. The van der Waals surface area contributed by atoms with Gasteiger partial charge in [0.15, 0.2) is 0 Å². The lowest BCUT2D eigenvalue weighted by Gasteiger charge is -2.11. The third kappa shape index (κ3) is 2.84. The van der Waals surface area contributed by atoms with Crippen LogP contribution in [0.15, 0.2) is 66.9 Å². The van der Waals surface area contributed by atoms with Gasteiger partial charge in [0.2, 0.25) is 0 Å². The summed E-state index contributed by atoms with van der Waals surface area (Å²) in [4.78, 5) is 12.5. The zero-order valence-corrected chi connectivity index (χ0v) is 11.7. The number of anilines is 2. The first-order chi connectivity index (χ1) is 10.2. The van der Waals surface area contributed by atoms with Gasteiger partial charge >= 0.3 is 0 Å². The lowest BCUT2D eigenvalue weighted by Crippen LogP contribution is -2.14. The van der Waals surface area contributed by atoms with Gasteiger partial charge in [-0.15, -0.1) is 0 Å². The van der Waals surface area contributed by atoms with E-state index in [2.05, 4.69) is 10.4 Å². The fraction of sp³-hybridized carbons (Fsp3) is 0.0588. The van der Waals surface area contributed by atoms with Crippen LogP contribution in [0.25, 0.3) is 0 Å². The zero-order valence-electron chi connectivity index (χ0n) is 11.7. The zero-order chi connectivity index (χ0) is 14.7. The van der Waals surface area contributed by atoms with Gasteiger partial charge < -0.3 is 5.32 Å². The molecule has 0 spiro atoms. The third-order valence-electron chi connectivity index (χ3n) is 3.14. The number of nitrogens with zero attached hydrogens (tertiary/aromatic N) is 2. The number of nitrogens with one attached hydrogen (secondary N) is 1. The standard InChI is InChI=1S/C17H15N3O/c1-13-11-12-20(19-13)17(21)15-9-5-6-10-16(15)18-14-7-3-2-4-8-14/h2-12,18H,1H3. The van der Waals surface area contributed by atoms with Crippen LogP contribution in [-0.2, 0) is 0 Å². The summed E-state index contributed by atoms with van der Waals surface area (Å²) >= 11 is 0. The van der Waals surface area contributed by atoms with E-state index in [9.17, 15) is 4.79 Å². The highest BCUT2D eigenvalue weighted by Gasteiger charge is 2.13.